The SMILES string of the molecule is CC1CCC(CNc2cc(Cl)c(-c3ccc(N)c(C(=O)N(C)C)c3F)cn2)CC1. The monoisotopic (exact) mass is 418 g/mol. The molecule has 0 saturated heterocycles. The molecule has 29 heavy (non-hydrogen) atoms. The van der Waals surface area contributed by atoms with Gasteiger partial charge in [-0.25, -0.2) is 9.37 Å². The van der Waals surface area contributed by atoms with Crippen LogP contribution in [0.3, 0.4) is 0 Å². The molecule has 3 N–H and O–H groups in total. The number of carbonyl (C=O) groups is 1. The summed E-state index contributed by atoms with van der Waals surface area (Å²) in [6.07, 6.45) is 6.51. The third kappa shape index (κ3) is 4.81. The molecule has 2 aromatic rings. The topological polar surface area (TPSA) is 71.2 Å². The summed E-state index contributed by atoms with van der Waals surface area (Å²) in [6.45, 7) is 3.16. The van der Waals surface area contributed by atoms with Crippen LogP contribution in [0.5, 0.6) is 0 Å². The standard InChI is InChI=1S/C22H28ClFN4O/c1-13-4-6-14(7-5-13)11-26-19-10-17(23)16(12-27-19)15-8-9-18(25)20(21(15)24)22(29)28(2)3/h8-10,12-14H,4-7,11,25H2,1-3H3,(H,26,27). The van der Waals surface area contributed by atoms with E-state index >= 15 is 4.39 Å². The predicted molar refractivity (Wildman–Crippen MR) is 117 cm³/mol. The van der Waals surface area contributed by atoms with Gasteiger partial charge in [0, 0.05) is 43.7 Å². The first kappa shape index (κ1) is 21.4. The van der Waals surface area contributed by atoms with E-state index < -0.39 is 11.7 Å². The fourth-order valence-electron chi connectivity index (χ4n) is 3.75. The molecular formula is C22H28ClFN4O. The van der Waals surface area contributed by atoms with Crippen molar-refractivity contribution in [2.24, 2.45) is 11.8 Å². The van der Waals surface area contributed by atoms with Gasteiger partial charge in [0.25, 0.3) is 5.91 Å². The van der Waals surface area contributed by atoms with Gasteiger partial charge >= 0.3 is 0 Å². The molecule has 1 aromatic heterocycles. The maximum atomic E-state index is 15.1. The Balaban J connectivity index is 1.80. The van der Waals surface area contributed by atoms with Crippen molar-refractivity contribution < 1.29 is 9.18 Å². The molecule has 1 heterocycles. The number of hydrogen-bond donors (Lipinski definition) is 2. The third-order valence-electron chi connectivity index (χ3n) is 5.65. The number of hydrogen-bond acceptors (Lipinski definition) is 4. The smallest absolute Gasteiger partial charge is 0.258 e. The van der Waals surface area contributed by atoms with Crippen molar-refractivity contribution in [3.63, 3.8) is 0 Å². The van der Waals surface area contributed by atoms with Crippen molar-refractivity contribution in [1.82, 2.24) is 9.88 Å². The summed E-state index contributed by atoms with van der Waals surface area (Å²) in [6, 6.07) is 4.74. The zero-order valence-electron chi connectivity index (χ0n) is 17.1. The fraction of sp³-hybridized carbons (Fsp3) is 0.455. The molecule has 3 rings (SSSR count). The molecule has 0 aliphatic heterocycles. The minimum atomic E-state index is -0.690. The number of rotatable bonds is 5. The number of carbonyl (C=O) groups excluding carboxylic acids is 1. The Bertz CT molecular complexity index is 895. The van der Waals surface area contributed by atoms with E-state index in [-0.39, 0.29) is 16.8 Å². The first-order valence-corrected chi connectivity index (χ1v) is 10.3. The Morgan fingerprint density at radius 3 is 2.59 bits per heavy atom. The molecule has 0 atom stereocenters. The Kier molecular flexibility index (Phi) is 6.63. The largest absolute Gasteiger partial charge is 0.398 e. The van der Waals surface area contributed by atoms with Crippen molar-refractivity contribution in [2.45, 2.75) is 32.6 Å². The van der Waals surface area contributed by atoms with E-state index in [2.05, 4.69) is 17.2 Å². The van der Waals surface area contributed by atoms with Gasteiger partial charge in [-0.1, -0.05) is 31.4 Å². The van der Waals surface area contributed by atoms with Crippen molar-refractivity contribution in [1.29, 1.82) is 0 Å². The van der Waals surface area contributed by atoms with Crippen molar-refractivity contribution in [2.75, 3.05) is 31.7 Å². The van der Waals surface area contributed by atoms with E-state index in [9.17, 15) is 4.79 Å². The van der Waals surface area contributed by atoms with Gasteiger partial charge in [-0.15, -0.1) is 0 Å². The summed E-state index contributed by atoms with van der Waals surface area (Å²) in [5.74, 6) is 0.936. The minimum absolute atomic E-state index is 0.0918. The van der Waals surface area contributed by atoms with Gasteiger partial charge in [0.15, 0.2) is 0 Å². The first-order chi connectivity index (χ1) is 13.8. The average Bonchev–Trinajstić information content (AvgIpc) is 2.68. The maximum absolute atomic E-state index is 15.1. The van der Waals surface area contributed by atoms with E-state index in [0.717, 1.165) is 12.5 Å². The van der Waals surface area contributed by atoms with Crippen LogP contribution in [0.1, 0.15) is 43.0 Å². The Hall–Kier alpha value is -2.34. The predicted octanol–water partition coefficient (Wildman–Crippen LogP) is 5.06. The van der Waals surface area contributed by atoms with Gasteiger partial charge < -0.3 is 16.0 Å². The van der Waals surface area contributed by atoms with E-state index in [1.54, 1.807) is 20.2 Å². The number of nitrogens with zero attached hydrogens (tertiary/aromatic N) is 2. The van der Waals surface area contributed by atoms with Crippen molar-refractivity contribution in [3.05, 3.63) is 40.8 Å². The van der Waals surface area contributed by atoms with Gasteiger partial charge in [0.05, 0.1) is 10.6 Å². The Morgan fingerprint density at radius 1 is 1.28 bits per heavy atom. The molecule has 0 unspecified atom stereocenters. The summed E-state index contributed by atoms with van der Waals surface area (Å²) >= 11 is 6.44. The van der Waals surface area contributed by atoms with Crippen LogP contribution in [0.2, 0.25) is 5.02 Å². The lowest BCUT2D eigenvalue weighted by Crippen LogP contribution is -2.24. The Labute approximate surface area is 176 Å². The third-order valence-corrected chi connectivity index (χ3v) is 5.96. The summed E-state index contributed by atoms with van der Waals surface area (Å²) in [5.41, 5.74) is 6.41. The molecule has 1 aliphatic rings. The minimum Gasteiger partial charge on any atom is -0.398 e. The number of anilines is 2. The Morgan fingerprint density at radius 2 is 1.97 bits per heavy atom. The number of amides is 1. The van der Waals surface area contributed by atoms with Crippen LogP contribution in [0.4, 0.5) is 15.9 Å². The van der Waals surface area contributed by atoms with Crippen molar-refractivity contribution in [3.8, 4) is 11.1 Å². The van der Waals surface area contributed by atoms with Crippen molar-refractivity contribution >= 4 is 29.0 Å². The van der Waals surface area contributed by atoms with Crippen LogP contribution in [0.25, 0.3) is 11.1 Å². The molecular weight excluding hydrogens is 391 g/mol. The highest BCUT2D eigenvalue weighted by molar-refractivity contribution is 6.33. The second-order valence-electron chi connectivity index (χ2n) is 8.15. The van der Waals surface area contributed by atoms with E-state index in [4.69, 9.17) is 17.3 Å². The number of halogens is 2. The molecule has 0 radical (unpaired) electrons. The highest BCUT2D eigenvalue weighted by Gasteiger charge is 2.22. The zero-order valence-corrected chi connectivity index (χ0v) is 17.9. The lowest BCUT2D eigenvalue weighted by Gasteiger charge is -2.26. The van der Waals surface area contributed by atoms with Gasteiger partial charge in [0.2, 0.25) is 0 Å². The van der Waals surface area contributed by atoms with Crippen LogP contribution in [-0.4, -0.2) is 36.4 Å². The maximum Gasteiger partial charge on any atom is 0.258 e. The van der Waals surface area contributed by atoms with Crippen LogP contribution in [0.15, 0.2) is 24.4 Å². The molecule has 7 heteroatoms. The molecule has 0 spiro atoms. The number of aromatic nitrogens is 1. The second kappa shape index (κ2) is 8.99. The summed E-state index contributed by atoms with van der Waals surface area (Å²) in [5, 5.41) is 3.71. The van der Waals surface area contributed by atoms with Gasteiger partial charge in [-0.3, -0.25) is 4.79 Å². The fourth-order valence-corrected chi connectivity index (χ4v) is 4.00. The number of nitrogen functional groups attached to an aromatic ring is 1. The molecule has 1 fully saturated rings. The zero-order chi connectivity index (χ0) is 21.1. The summed E-state index contributed by atoms with van der Waals surface area (Å²) in [4.78, 5) is 18.0. The highest BCUT2D eigenvalue weighted by atomic mass is 35.5. The van der Waals surface area contributed by atoms with E-state index in [0.29, 0.717) is 22.3 Å². The summed E-state index contributed by atoms with van der Waals surface area (Å²) < 4.78 is 15.1. The molecule has 1 aliphatic carbocycles. The molecule has 156 valence electrons. The lowest BCUT2D eigenvalue weighted by molar-refractivity contribution is 0.0824. The second-order valence-corrected chi connectivity index (χ2v) is 8.55. The van der Waals surface area contributed by atoms with Gasteiger partial charge in [-0.2, -0.15) is 0 Å². The van der Waals surface area contributed by atoms with Gasteiger partial charge in [-0.05, 0) is 42.9 Å². The van der Waals surface area contributed by atoms with Crippen LogP contribution in [0, 0.1) is 17.7 Å². The lowest BCUT2D eigenvalue weighted by atomic mass is 9.83. The highest BCUT2D eigenvalue weighted by Crippen LogP contribution is 2.34. The average molecular weight is 419 g/mol. The summed E-state index contributed by atoms with van der Waals surface area (Å²) in [7, 11) is 3.10. The molecule has 5 nitrogen and oxygen atoms in total. The number of nitrogens with one attached hydrogen (secondary N) is 1. The van der Waals surface area contributed by atoms with E-state index in [1.165, 1.54) is 48.9 Å². The molecule has 0 bridgehead atoms. The number of benzene rings is 1. The normalized spacial score (nSPS) is 19.1. The molecule has 1 amide bonds. The quantitative estimate of drug-likeness (QED) is 0.665. The van der Waals surface area contributed by atoms with Crippen LogP contribution < -0.4 is 11.1 Å². The van der Waals surface area contributed by atoms with Gasteiger partial charge in [0.1, 0.15) is 11.6 Å². The number of nitrogens with two attached hydrogens (primary N) is 1. The van der Waals surface area contributed by atoms with E-state index in [1.807, 2.05) is 0 Å². The van der Waals surface area contributed by atoms with Crippen LogP contribution >= 0.6 is 11.6 Å². The molecule has 1 saturated carbocycles. The first-order valence-electron chi connectivity index (χ1n) is 9.97. The number of pyridine rings is 1. The molecule has 1 aromatic carbocycles. The van der Waals surface area contributed by atoms with Crippen LogP contribution in [-0.2, 0) is 0 Å².